The van der Waals surface area contributed by atoms with Gasteiger partial charge in [0, 0.05) is 39.7 Å². The average molecular weight is 405 g/mol. The summed E-state index contributed by atoms with van der Waals surface area (Å²) in [5, 5.41) is 23.0. The van der Waals surface area contributed by atoms with Crippen LogP contribution >= 0.6 is 0 Å². The molecule has 2 atom stereocenters. The number of benzene rings is 2. The molecule has 0 fully saturated rings. The van der Waals surface area contributed by atoms with Crippen molar-refractivity contribution >= 4 is 27.6 Å². The standard InChI is InChI=1S/C24H23NO5/c1-11-16-15(10-24(2,3)23(28)20(16)27)30-21-17(11)18-13(19(26)22(21)29-4)9-12-7-5-6-8-14(12)25-18/h5-9,11,23,26,28H,10H2,1-4H3. The van der Waals surface area contributed by atoms with Crippen LogP contribution in [0.1, 0.15) is 38.7 Å². The number of phenols is 1. The van der Waals surface area contributed by atoms with Crippen LogP contribution in [0.2, 0.25) is 0 Å². The summed E-state index contributed by atoms with van der Waals surface area (Å²) in [7, 11) is 1.48. The number of phenolic OH excluding ortho intramolecular Hbond substituents is 1. The van der Waals surface area contributed by atoms with Gasteiger partial charge >= 0.3 is 0 Å². The molecule has 0 bridgehead atoms. The monoisotopic (exact) mass is 405 g/mol. The summed E-state index contributed by atoms with van der Waals surface area (Å²) in [5.41, 5.74) is 1.85. The number of rotatable bonds is 1. The average Bonchev–Trinajstić information content (AvgIpc) is 2.71. The fourth-order valence-electron chi connectivity index (χ4n) is 4.71. The first-order chi connectivity index (χ1) is 14.2. The molecule has 0 spiro atoms. The molecule has 1 aromatic heterocycles. The van der Waals surface area contributed by atoms with E-state index in [1.54, 1.807) is 0 Å². The Morgan fingerprint density at radius 3 is 2.73 bits per heavy atom. The van der Waals surface area contributed by atoms with Crippen molar-refractivity contribution in [1.29, 1.82) is 0 Å². The zero-order valence-corrected chi connectivity index (χ0v) is 17.3. The van der Waals surface area contributed by atoms with Crippen molar-refractivity contribution in [1.82, 2.24) is 4.98 Å². The van der Waals surface area contributed by atoms with E-state index >= 15 is 0 Å². The lowest BCUT2D eigenvalue weighted by Gasteiger charge is -2.40. The number of aliphatic hydroxyl groups excluding tert-OH is 1. The van der Waals surface area contributed by atoms with E-state index < -0.39 is 11.5 Å². The smallest absolute Gasteiger partial charge is 0.204 e. The van der Waals surface area contributed by atoms with Crippen LogP contribution in [0.5, 0.6) is 17.2 Å². The fraction of sp³-hybridized carbons (Fsp3) is 0.333. The second-order valence-corrected chi connectivity index (χ2v) is 8.79. The molecule has 0 amide bonds. The van der Waals surface area contributed by atoms with E-state index in [9.17, 15) is 15.0 Å². The third-order valence-electron chi connectivity index (χ3n) is 6.37. The Balaban J connectivity index is 1.84. The second-order valence-electron chi connectivity index (χ2n) is 8.79. The number of carbonyl (C=O) groups is 1. The van der Waals surface area contributed by atoms with Crippen molar-refractivity contribution in [2.75, 3.05) is 7.11 Å². The number of aromatic hydroxyl groups is 1. The molecule has 1 aliphatic heterocycles. The van der Waals surface area contributed by atoms with Gasteiger partial charge in [0.15, 0.2) is 17.3 Å². The molecule has 30 heavy (non-hydrogen) atoms. The first kappa shape index (κ1) is 18.9. The van der Waals surface area contributed by atoms with Crippen LogP contribution in [0, 0.1) is 5.41 Å². The Kier molecular flexibility index (Phi) is 3.89. The molecule has 0 saturated heterocycles. The van der Waals surface area contributed by atoms with Gasteiger partial charge in [0.05, 0.1) is 18.1 Å². The van der Waals surface area contributed by atoms with Crippen molar-refractivity contribution in [3.8, 4) is 17.2 Å². The number of aliphatic hydroxyl groups is 1. The number of nitrogens with zero attached hydrogens (tertiary/aromatic N) is 1. The van der Waals surface area contributed by atoms with Gasteiger partial charge in [-0.05, 0) is 12.1 Å². The van der Waals surface area contributed by atoms with Crippen LogP contribution in [0.3, 0.4) is 0 Å². The summed E-state index contributed by atoms with van der Waals surface area (Å²) in [6, 6.07) is 9.51. The van der Waals surface area contributed by atoms with Crippen LogP contribution in [-0.4, -0.2) is 34.2 Å². The van der Waals surface area contributed by atoms with Gasteiger partial charge in [-0.3, -0.25) is 4.79 Å². The van der Waals surface area contributed by atoms with E-state index in [0.717, 1.165) is 10.9 Å². The number of Topliss-reactive ketones (excluding diaryl/α,β-unsaturated/α-hetero) is 1. The molecule has 2 heterocycles. The molecule has 2 unspecified atom stereocenters. The highest BCUT2D eigenvalue weighted by atomic mass is 16.5. The third-order valence-corrected chi connectivity index (χ3v) is 6.37. The maximum Gasteiger partial charge on any atom is 0.204 e. The number of allylic oxidation sites excluding steroid dienone is 1. The van der Waals surface area contributed by atoms with Gasteiger partial charge in [0.1, 0.15) is 11.9 Å². The second kappa shape index (κ2) is 6.19. The highest BCUT2D eigenvalue weighted by Gasteiger charge is 2.47. The van der Waals surface area contributed by atoms with Crippen molar-refractivity contribution < 1.29 is 24.5 Å². The largest absolute Gasteiger partial charge is 0.504 e. The Labute approximate surface area is 173 Å². The van der Waals surface area contributed by atoms with Gasteiger partial charge in [-0.15, -0.1) is 0 Å². The minimum atomic E-state index is -1.09. The summed E-state index contributed by atoms with van der Waals surface area (Å²) in [5.74, 6) is 0.407. The van der Waals surface area contributed by atoms with Crippen LogP contribution < -0.4 is 9.47 Å². The molecule has 2 N–H and O–H groups in total. The Morgan fingerprint density at radius 1 is 1.27 bits per heavy atom. The van der Waals surface area contributed by atoms with E-state index in [0.29, 0.717) is 40.0 Å². The molecule has 6 nitrogen and oxygen atoms in total. The number of para-hydroxylation sites is 1. The topological polar surface area (TPSA) is 88.9 Å². The molecule has 6 heteroatoms. The molecule has 3 aromatic rings. The maximum absolute atomic E-state index is 13.1. The lowest BCUT2D eigenvalue weighted by atomic mass is 9.70. The zero-order valence-electron chi connectivity index (χ0n) is 17.3. The van der Waals surface area contributed by atoms with E-state index in [-0.39, 0.29) is 23.2 Å². The normalized spacial score (nSPS) is 22.6. The van der Waals surface area contributed by atoms with Gasteiger partial charge in [0.2, 0.25) is 5.75 Å². The minimum absolute atomic E-state index is 0.0396. The predicted molar refractivity (Wildman–Crippen MR) is 113 cm³/mol. The quantitative estimate of drug-likeness (QED) is 0.590. The van der Waals surface area contributed by atoms with Crippen LogP contribution in [0.25, 0.3) is 21.8 Å². The van der Waals surface area contributed by atoms with Gasteiger partial charge in [-0.2, -0.15) is 0 Å². The molecular formula is C24H23NO5. The molecule has 0 saturated carbocycles. The Bertz CT molecular complexity index is 1270. The summed E-state index contributed by atoms with van der Waals surface area (Å²) < 4.78 is 11.7. The molecule has 154 valence electrons. The number of methoxy groups -OCH3 is 1. The SMILES string of the molecule is COc1c2c(c3nc4ccccc4cc3c1O)C(C)C1=C(CC(C)(C)C(O)C1=O)O2. The fourth-order valence-corrected chi connectivity index (χ4v) is 4.71. The predicted octanol–water partition coefficient (Wildman–Crippen LogP) is 4.21. The molecule has 2 aromatic carbocycles. The van der Waals surface area contributed by atoms with Gasteiger partial charge in [-0.1, -0.05) is 39.0 Å². The summed E-state index contributed by atoms with van der Waals surface area (Å²) in [6.07, 6.45) is -0.686. The van der Waals surface area contributed by atoms with Crippen molar-refractivity contribution in [3.05, 3.63) is 47.2 Å². The minimum Gasteiger partial charge on any atom is -0.504 e. The Morgan fingerprint density at radius 2 is 2.00 bits per heavy atom. The first-order valence-electron chi connectivity index (χ1n) is 10.00. The first-order valence-corrected chi connectivity index (χ1v) is 10.00. The highest BCUT2D eigenvalue weighted by molar-refractivity contribution is 6.06. The number of ketones is 1. The summed E-state index contributed by atoms with van der Waals surface area (Å²) in [6.45, 7) is 5.59. The molecule has 0 radical (unpaired) electrons. The molecule has 1 aliphatic carbocycles. The maximum atomic E-state index is 13.1. The lowest BCUT2D eigenvalue weighted by molar-refractivity contribution is -0.131. The number of ether oxygens (including phenoxy) is 2. The van der Waals surface area contributed by atoms with Crippen LogP contribution in [-0.2, 0) is 4.79 Å². The number of carbonyl (C=O) groups excluding carboxylic acids is 1. The van der Waals surface area contributed by atoms with E-state index in [1.165, 1.54) is 7.11 Å². The van der Waals surface area contributed by atoms with Crippen molar-refractivity contribution in [2.24, 2.45) is 5.41 Å². The summed E-state index contributed by atoms with van der Waals surface area (Å²) >= 11 is 0. The van der Waals surface area contributed by atoms with E-state index in [1.807, 2.05) is 51.1 Å². The number of fused-ring (bicyclic) bond motifs is 4. The molecule has 5 rings (SSSR count). The zero-order chi connectivity index (χ0) is 21.4. The highest BCUT2D eigenvalue weighted by Crippen LogP contribution is 2.55. The Hall–Kier alpha value is -3.12. The van der Waals surface area contributed by atoms with Crippen molar-refractivity contribution in [3.63, 3.8) is 0 Å². The van der Waals surface area contributed by atoms with Crippen LogP contribution in [0.4, 0.5) is 0 Å². The van der Waals surface area contributed by atoms with Crippen LogP contribution in [0.15, 0.2) is 41.7 Å². The number of aromatic nitrogens is 1. The van der Waals surface area contributed by atoms with E-state index in [4.69, 9.17) is 14.5 Å². The molecular weight excluding hydrogens is 382 g/mol. The molecule has 2 aliphatic rings. The van der Waals surface area contributed by atoms with Crippen molar-refractivity contribution in [2.45, 2.75) is 39.2 Å². The van der Waals surface area contributed by atoms with Gasteiger partial charge < -0.3 is 19.7 Å². The number of hydrogen-bond donors (Lipinski definition) is 2. The summed E-state index contributed by atoms with van der Waals surface area (Å²) in [4.78, 5) is 17.9. The number of hydrogen-bond acceptors (Lipinski definition) is 6. The third kappa shape index (κ3) is 2.40. The van der Waals surface area contributed by atoms with Gasteiger partial charge in [-0.25, -0.2) is 4.98 Å². The number of pyridine rings is 1. The van der Waals surface area contributed by atoms with E-state index in [2.05, 4.69) is 0 Å². The lowest BCUT2D eigenvalue weighted by Crippen LogP contribution is -2.44. The van der Waals surface area contributed by atoms with Gasteiger partial charge in [0.25, 0.3) is 0 Å².